The van der Waals surface area contributed by atoms with Gasteiger partial charge in [0.1, 0.15) is 10.6 Å². The van der Waals surface area contributed by atoms with E-state index in [2.05, 4.69) is 27.7 Å². The molecule has 0 amide bonds. The summed E-state index contributed by atoms with van der Waals surface area (Å²) in [6.07, 6.45) is 0. The first-order chi connectivity index (χ1) is 16.0. The summed E-state index contributed by atoms with van der Waals surface area (Å²) < 4.78 is 28.5. The van der Waals surface area contributed by atoms with Gasteiger partial charge in [-0.15, -0.1) is 11.3 Å². The number of aromatic nitrogens is 2. The minimum absolute atomic E-state index is 0.0921. The molecule has 8 nitrogen and oxygen atoms in total. The molecule has 2 aromatic heterocycles. The number of nitrogens with one attached hydrogen (secondary N) is 1. The molecule has 170 valence electrons. The molecule has 1 aliphatic heterocycles. The molecule has 1 aliphatic rings. The van der Waals surface area contributed by atoms with Gasteiger partial charge < -0.3 is 15.0 Å². The summed E-state index contributed by atoms with van der Waals surface area (Å²) in [4.78, 5) is 12.9. The summed E-state index contributed by atoms with van der Waals surface area (Å²) in [5.41, 5.74) is 3.10. The van der Waals surface area contributed by atoms with E-state index in [-0.39, 0.29) is 4.90 Å². The molecule has 0 atom stereocenters. The van der Waals surface area contributed by atoms with Crippen molar-refractivity contribution in [2.75, 3.05) is 36.5 Å². The Hall–Kier alpha value is -3.05. The molecular weight excluding hydrogens is 458 g/mol. The predicted molar refractivity (Wildman–Crippen MR) is 131 cm³/mol. The van der Waals surface area contributed by atoms with Crippen molar-refractivity contribution in [1.29, 1.82) is 0 Å². The molecule has 33 heavy (non-hydrogen) atoms. The van der Waals surface area contributed by atoms with Crippen LogP contribution in [-0.2, 0) is 21.3 Å². The Balaban J connectivity index is 1.52. The standard InChI is InChI=1S/C23H23N5O3S2/c24-33(29,30)18-8-6-16(7-9-18)14-25-21-20-19(17-4-2-1-3-5-17)15-32-22(20)27-23(26-21)28-10-12-31-13-11-28/h1-9,15H,10-14H2,(H2,24,29,30)(H,25,26,27). The van der Waals surface area contributed by atoms with Gasteiger partial charge in [-0.3, -0.25) is 0 Å². The van der Waals surface area contributed by atoms with Gasteiger partial charge in [0.2, 0.25) is 16.0 Å². The van der Waals surface area contributed by atoms with E-state index < -0.39 is 10.0 Å². The number of ether oxygens (including phenoxy) is 1. The van der Waals surface area contributed by atoms with Crippen LogP contribution in [0.1, 0.15) is 5.56 Å². The number of hydrogen-bond donors (Lipinski definition) is 2. The fraction of sp³-hybridized carbons (Fsp3) is 0.217. The Labute approximate surface area is 196 Å². The van der Waals surface area contributed by atoms with Crippen LogP contribution < -0.4 is 15.4 Å². The maximum atomic E-state index is 11.5. The average molecular weight is 482 g/mol. The van der Waals surface area contributed by atoms with E-state index in [1.807, 2.05) is 18.2 Å². The van der Waals surface area contributed by atoms with Gasteiger partial charge in [-0.05, 0) is 23.3 Å². The molecule has 1 fully saturated rings. The minimum atomic E-state index is -3.72. The summed E-state index contributed by atoms with van der Waals surface area (Å²) in [6, 6.07) is 16.7. The smallest absolute Gasteiger partial charge is 0.238 e. The number of thiophene rings is 1. The Morgan fingerprint density at radius 1 is 1.03 bits per heavy atom. The highest BCUT2D eigenvalue weighted by molar-refractivity contribution is 7.89. The van der Waals surface area contributed by atoms with Crippen molar-refractivity contribution in [2.45, 2.75) is 11.4 Å². The van der Waals surface area contributed by atoms with Crippen molar-refractivity contribution in [2.24, 2.45) is 5.14 Å². The topological polar surface area (TPSA) is 110 Å². The van der Waals surface area contributed by atoms with Crippen molar-refractivity contribution in [1.82, 2.24) is 9.97 Å². The number of fused-ring (bicyclic) bond motifs is 1. The number of hydrogen-bond acceptors (Lipinski definition) is 8. The van der Waals surface area contributed by atoms with E-state index in [4.69, 9.17) is 19.8 Å². The average Bonchev–Trinajstić information content (AvgIpc) is 3.28. The first-order valence-corrected chi connectivity index (χ1v) is 12.9. The van der Waals surface area contributed by atoms with Gasteiger partial charge in [-0.2, -0.15) is 4.98 Å². The van der Waals surface area contributed by atoms with Crippen LogP contribution >= 0.6 is 11.3 Å². The third kappa shape index (κ3) is 4.69. The zero-order chi connectivity index (χ0) is 22.8. The van der Waals surface area contributed by atoms with Gasteiger partial charge in [0.15, 0.2) is 0 Å². The van der Waals surface area contributed by atoms with E-state index in [1.165, 1.54) is 12.1 Å². The lowest BCUT2D eigenvalue weighted by Gasteiger charge is -2.27. The highest BCUT2D eigenvalue weighted by atomic mass is 32.2. The van der Waals surface area contributed by atoms with Crippen LogP contribution in [0.25, 0.3) is 21.3 Å². The van der Waals surface area contributed by atoms with Gasteiger partial charge in [-0.1, -0.05) is 42.5 Å². The van der Waals surface area contributed by atoms with Crippen molar-refractivity contribution in [3.8, 4) is 11.1 Å². The molecule has 10 heteroatoms. The van der Waals surface area contributed by atoms with Crippen LogP contribution in [-0.4, -0.2) is 44.7 Å². The molecule has 2 aromatic carbocycles. The maximum absolute atomic E-state index is 11.5. The summed E-state index contributed by atoms with van der Waals surface area (Å²) in [5, 5.41) is 11.8. The zero-order valence-electron chi connectivity index (χ0n) is 17.8. The Bertz CT molecular complexity index is 1370. The third-order valence-electron chi connectivity index (χ3n) is 5.51. The number of anilines is 2. The molecular formula is C23H23N5O3S2. The first kappa shape index (κ1) is 21.8. The van der Waals surface area contributed by atoms with Gasteiger partial charge in [0.25, 0.3) is 0 Å². The van der Waals surface area contributed by atoms with Crippen LogP contribution in [0, 0.1) is 0 Å². The van der Waals surface area contributed by atoms with Crippen LogP contribution in [0.2, 0.25) is 0 Å². The van der Waals surface area contributed by atoms with Crippen molar-refractivity contribution in [3.05, 3.63) is 65.5 Å². The highest BCUT2D eigenvalue weighted by Gasteiger charge is 2.20. The number of primary sulfonamides is 1. The van der Waals surface area contributed by atoms with E-state index in [0.29, 0.717) is 25.7 Å². The Kier molecular flexibility index (Phi) is 5.98. The largest absolute Gasteiger partial charge is 0.378 e. The van der Waals surface area contributed by atoms with Crippen molar-refractivity contribution < 1.29 is 13.2 Å². The SMILES string of the molecule is NS(=O)(=O)c1ccc(CNc2nc(N3CCOCC3)nc3scc(-c4ccccc4)c23)cc1. The highest BCUT2D eigenvalue weighted by Crippen LogP contribution is 2.38. The summed E-state index contributed by atoms with van der Waals surface area (Å²) in [7, 11) is -3.72. The number of nitrogens with zero attached hydrogens (tertiary/aromatic N) is 3. The normalized spacial score (nSPS) is 14.5. The van der Waals surface area contributed by atoms with Gasteiger partial charge in [0.05, 0.1) is 23.5 Å². The van der Waals surface area contributed by atoms with E-state index >= 15 is 0 Å². The number of nitrogens with two attached hydrogens (primary N) is 1. The van der Waals surface area contributed by atoms with E-state index in [9.17, 15) is 8.42 Å². The number of rotatable bonds is 6. The van der Waals surface area contributed by atoms with E-state index in [0.717, 1.165) is 45.8 Å². The molecule has 0 bridgehead atoms. The lowest BCUT2D eigenvalue weighted by atomic mass is 10.1. The fourth-order valence-corrected chi connectivity index (χ4v) is 5.23. The first-order valence-electron chi connectivity index (χ1n) is 10.5. The van der Waals surface area contributed by atoms with Crippen LogP contribution in [0.4, 0.5) is 11.8 Å². The maximum Gasteiger partial charge on any atom is 0.238 e. The predicted octanol–water partition coefficient (Wildman–Crippen LogP) is 3.45. The zero-order valence-corrected chi connectivity index (χ0v) is 19.4. The molecule has 0 aliphatic carbocycles. The number of benzene rings is 2. The molecule has 3 heterocycles. The van der Waals surface area contributed by atoms with Gasteiger partial charge in [-0.25, -0.2) is 18.5 Å². The van der Waals surface area contributed by atoms with Crippen LogP contribution in [0.3, 0.4) is 0 Å². The van der Waals surface area contributed by atoms with Crippen LogP contribution in [0.15, 0.2) is 64.9 Å². The molecule has 0 radical (unpaired) electrons. The molecule has 4 aromatic rings. The molecule has 3 N–H and O–H groups in total. The summed E-state index contributed by atoms with van der Waals surface area (Å²) in [6.45, 7) is 3.28. The van der Waals surface area contributed by atoms with Crippen LogP contribution in [0.5, 0.6) is 0 Å². The van der Waals surface area contributed by atoms with E-state index in [1.54, 1.807) is 23.5 Å². The monoisotopic (exact) mass is 481 g/mol. The Morgan fingerprint density at radius 2 is 1.76 bits per heavy atom. The molecule has 1 saturated heterocycles. The molecule has 0 spiro atoms. The molecule has 0 saturated carbocycles. The third-order valence-corrected chi connectivity index (χ3v) is 7.31. The second-order valence-electron chi connectivity index (χ2n) is 7.71. The second-order valence-corrected chi connectivity index (χ2v) is 10.1. The number of sulfonamides is 1. The van der Waals surface area contributed by atoms with Gasteiger partial charge in [0, 0.05) is 30.6 Å². The van der Waals surface area contributed by atoms with Gasteiger partial charge >= 0.3 is 0 Å². The Morgan fingerprint density at radius 3 is 2.45 bits per heavy atom. The molecule has 5 rings (SSSR count). The lowest BCUT2D eigenvalue weighted by Crippen LogP contribution is -2.37. The quantitative estimate of drug-likeness (QED) is 0.434. The number of morpholine rings is 1. The summed E-state index contributed by atoms with van der Waals surface area (Å²) >= 11 is 1.60. The second kappa shape index (κ2) is 9.06. The van der Waals surface area contributed by atoms with Crippen molar-refractivity contribution >= 4 is 43.3 Å². The molecule has 0 unspecified atom stereocenters. The summed E-state index contributed by atoms with van der Waals surface area (Å²) in [5.74, 6) is 1.43. The minimum Gasteiger partial charge on any atom is -0.378 e. The lowest BCUT2D eigenvalue weighted by molar-refractivity contribution is 0.122. The van der Waals surface area contributed by atoms with Crippen molar-refractivity contribution in [3.63, 3.8) is 0 Å². The fourth-order valence-electron chi connectivity index (χ4n) is 3.78.